The molecule has 15 heavy (non-hydrogen) atoms. The average molecular weight is 208 g/mol. The molecule has 0 saturated carbocycles. The highest BCUT2D eigenvalue weighted by Gasteiger charge is 2.27. The Hall–Kier alpha value is -1.36. The number of piperidine rings is 1. The molecule has 5 heteroatoms. The molecule has 2 heterocycles. The number of carbonyl (C=O) groups excluding carboxylic acids is 1. The van der Waals surface area contributed by atoms with Crippen molar-refractivity contribution in [2.45, 2.75) is 19.4 Å². The minimum absolute atomic E-state index is 0.00477. The van der Waals surface area contributed by atoms with E-state index in [2.05, 4.69) is 16.9 Å². The zero-order chi connectivity index (χ0) is 10.8. The summed E-state index contributed by atoms with van der Waals surface area (Å²) < 4.78 is 0. The van der Waals surface area contributed by atoms with Gasteiger partial charge in [-0.2, -0.15) is 0 Å². The summed E-state index contributed by atoms with van der Waals surface area (Å²) in [5.41, 5.74) is 6.48. The van der Waals surface area contributed by atoms with Gasteiger partial charge in [0.2, 0.25) is 0 Å². The van der Waals surface area contributed by atoms with Gasteiger partial charge in [-0.3, -0.25) is 4.79 Å². The number of rotatable bonds is 1. The van der Waals surface area contributed by atoms with Crippen LogP contribution in [0.4, 0.5) is 0 Å². The van der Waals surface area contributed by atoms with Crippen molar-refractivity contribution in [3.63, 3.8) is 0 Å². The van der Waals surface area contributed by atoms with Crippen molar-refractivity contribution in [1.29, 1.82) is 0 Å². The maximum atomic E-state index is 11.9. The number of imidazole rings is 1. The minimum Gasteiger partial charge on any atom is -0.341 e. The van der Waals surface area contributed by atoms with E-state index in [4.69, 9.17) is 5.73 Å². The zero-order valence-electron chi connectivity index (χ0n) is 8.81. The van der Waals surface area contributed by atoms with Gasteiger partial charge in [0, 0.05) is 19.1 Å². The van der Waals surface area contributed by atoms with Crippen molar-refractivity contribution in [2.24, 2.45) is 11.7 Å². The van der Waals surface area contributed by atoms with E-state index in [0.717, 1.165) is 13.0 Å². The number of amides is 1. The Kier molecular flexibility index (Phi) is 2.73. The first-order valence-corrected chi connectivity index (χ1v) is 5.21. The largest absolute Gasteiger partial charge is 0.341 e. The van der Waals surface area contributed by atoms with Gasteiger partial charge >= 0.3 is 0 Å². The topological polar surface area (TPSA) is 75.0 Å². The Morgan fingerprint density at radius 3 is 3.13 bits per heavy atom. The number of likely N-dealkylation sites (tertiary alicyclic amines) is 1. The summed E-state index contributed by atoms with van der Waals surface area (Å²) in [6.45, 7) is 3.55. The van der Waals surface area contributed by atoms with E-state index in [-0.39, 0.29) is 11.9 Å². The summed E-state index contributed by atoms with van der Waals surface area (Å²) in [5, 5.41) is 0. The number of carbonyl (C=O) groups is 1. The van der Waals surface area contributed by atoms with Gasteiger partial charge in [-0.05, 0) is 12.3 Å². The normalized spacial score (nSPS) is 26.7. The van der Waals surface area contributed by atoms with E-state index in [9.17, 15) is 4.79 Å². The standard InChI is InChI=1S/C10H16N4O/c1-7-2-3-14(5-8(7)11)10(15)9-4-12-6-13-9/h4,6-8H,2-3,5,11H2,1H3,(H,12,13). The fourth-order valence-corrected chi connectivity index (χ4v) is 1.83. The van der Waals surface area contributed by atoms with Crippen molar-refractivity contribution in [3.05, 3.63) is 18.2 Å². The van der Waals surface area contributed by atoms with E-state index in [0.29, 0.717) is 18.2 Å². The molecule has 0 aromatic carbocycles. The van der Waals surface area contributed by atoms with Crippen LogP contribution in [0.3, 0.4) is 0 Å². The third-order valence-electron chi connectivity index (χ3n) is 3.03. The Bertz CT molecular complexity index is 335. The van der Waals surface area contributed by atoms with Gasteiger partial charge in [-0.1, -0.05) is 6.92 Å². The van der Waals surface area contributed by atoms with Crippen molar-refractivity contribution in [3.8, 4) is 0 Å². The molecular weight excluding hydrogens is 192 g/mol. The molecule has 1 aromatic heterocycles. The fraction of sp³-hybridized carbons (Fsp3) is 0.600. The lowest BCUT2D eigenvalue weighted by molar-refractivity contribution is 0.0667. The molecule has 0 radical (unpaired) electrons. The van der Waals surface area contributed by atoms with E-state index < -0.39 is 0 Å². The second-order valence-electron chi connectivity index (χ2n) is 4.15. The highest BCUT2D eigenvalue weighted by atomic mass is 16.2. The molecule has 1 saturated heterocycles. The number of aromatic nitrogens is 2. The second-order valence-corrected chi connectivity index (χ2v) is 4.15. The van der Waals surface area contributed by atoms with Gasteiger partial charge in [0.1, 0.15) is 5.69 Å². The number of nitrogens with zero attached hydrogens (tertiary/aromatic N) is 2. The fourth-order valence-electron chi connectivity index (χ4n) is 1.83. The number of aromatic amines is 1. The molecule has 1 aromatic rings. The SMILES string of the molecule is CC1CCN(C(=O)c2cnc[nH]2)CC1N. The lowest BCUT2D eigenvalue weighted by Gasteiger charge is -2.34. The molecule has 3 N–H and O–H groups in total. The van der Waals surface area contributed by atoms with Crippen LogP contribution in [0.2, 0.25) is 0 Å². The number of hydrogen-bond donors (Lipinski definition) is 2. The van der Waals surface area contributed by atoms with E-state index >= 15 is 0 Å². The Balaban J connectivity index is 2.03. The van der Waals surface area contributed by atoms with Gasteiger partial charge in [0.25, 0.3) is 5.91 Å². The first-order valence-electron chi connectivity index (χ1n) is 5.21. The predicted octanol–water partition coefficient (Wildman–Crippen LogP) is 0.219. The highest BCUT2D eigenvalue weighted by molar-refractivity contribution is 5.92. The Morgan fingerprint density at radius 2 is 2.53 bits per heavy atom. The summed E-state index contributed by atoms with van der Waals surface area (Å²) in [5.74, 6) is 0.491. The maximum Gasteiger partial charge on any atom is 0.271 e. The summed E-state index contributed by atoms with van der Waals surface area (Å²) in [7, 11) is 0. The van der Waals surface area contributed by atoms with Crippen LogP contribution in [0.5, 0.6) is 0 Å². The summed E-state index contributed by atoms with van der Waals surface area (Å²) >= 11 is 0. The van der Waals surface area contributed by atoms with Gasteiger partial charge in [0.15, 0.2) is 0 Å². The quantitative estimate of drug-likeness (QED) is 0.693. The van der Waals surface area contributed by atoms with Crippen LogP contribution < -0.4 is 5.73 Å². The van der Waals surface area contributed by atoms with Gasteiger partial charge in [-0.25, -0.2) is 4.98 Å². The lowest BCUT2D eigenvalue weighted by Crippen LogP contribution is -2.49. The Morgan fingerprint density at radius 1 is 1.73 bits per heavy atom. The van der Waals surface area contributed by atoms with Gasteiger partial charge in [0.05, 0.1) is 12.5 Å². The number of H-pyrrole nitrogens is 1. The van der Waals surface area contributed by atoms with Gasteiger partial charge < -0.3 is 15.6 Å². The monoisotopic (exact) mass is 208 g/mol. The third-order valence-corrected chi connectivity index (χ3v) is 3.03. The number of hydrogen-bond acceptors (Lipinski definition) is 3. The molecule has 0 spiro atoms. The van der Waals surface area contributed by atoms with Crippen molar-refractivity contribution >= 4 is 5.91 Å². The number of nitrogens with one attached hydrogen (secondary N) is 1. The minimum atomic E-state index is -0.00477. The number of nitrogens with two attached hydrogens (primary N) is 1. The third kappa shape index (κ3) is 2.02. The maximum absolute atomic E-state index is 11.9. The molecule has 1 aliphatic heterocycles. The zero-order valence-corrected chi connectivity index (χ0v) is 8.81. The van der Waals surface area contributed by atoms with Crippen LogP contribution in [0.25, 0.3) is 0 Å². The van der Waals surface area contributed by atoms with Gasteiger partial charge in [-0.15, -0.1) is 0 Å². The van der Waals surface area contributed by atoms with Crippen LogP contribution >= 0.6 is 0 Å². The van der Waals surface area contributed by atoms with Crippen molar-refractivity contribution in [2.75, 3.05) is 13.1 Å². The van der Waals surface area contributed by atoms with E-state index in [1.54, 1.807) is 11.1 Å². The smallest absolute Gasteiger partial charge is 0.271 e. The first-order chi connectivity index (χ1) is 7.18. The summed E-state index contributed by atoms with van der Waals surface area (Å²) in [6, 6.07) is 0.0885. The highest BCUT2D eigenvalue weighted by Crippen LogP contribution is 2.16. The first kappa shape index (κ1) is 10.2. The van der Waals surface area contributed by atoms with Crippen LogP contribution in [0.15, 0.2) is 12.5 Å². The van der Waals surface area contributed by atoms with Crippen LogP contribution in [-0.4, -0.2) is 39.9 Å². The Labute approximate surface area is 88.7 Å². The molecule has 1 fully saturated rings. The molecule has 2 rings (SSSR count). The van der Waals surface area contributed by atoms with E-state index in [1.165, 1.54) is 6.33 Å². The molecule has 2 unspecified atom stereocenters. The lowest BCUT2D eigenvalue weighted by atomic mass is 9.94. The summed E-state index contributed by atoms with van der Waals surface area (Å²) in [6.07, 6.45) is 4.03. The van der Waals surface area contributed by atoms with Crippen LogP contribution in [0, 0.1) is 5.92 Å². The summed E-state index contributed by atoms with van der Waals surface area (Å²) in [4.78, 5) is 20.4. The molecule has 1 aliphatic rings. The molecule has 0 bridgehead atoms. The molecule has 5 nitrogen and oxygen atoms in total. The average Bonchev–Trinajstić information content (AvgIpc) is 2.74. The second kappa shape index (κ2) is 4.02. The van der Waals surface area contributed by atoms with Crippen molar-refractivity contribution in [1.82, 2.24) is 14.9 Å². The van der Waals surface area contributed by atoms with E-state index in [1.807, 2.05) is 0 Å². The van der Waals surface area contributed by atoms with Crippen molar-refractivity contribution < 1.29 is 4.79 Å². The molecule has 2 atom stereocenters. The molecule has 1 amide bonds. The van der Waals surface area contributed by atoms with Crippen LogP contribution in [-0.2, 0) is 0 Å². The molecular formula is C10H16N4O. The molecule has 82 valence electrons. The predicted molar refractivity (Wildman–Crippen MR) is 56.2 cm³/mol. The van der Waals surface area contributed by atoms with Crippen LogP contribution in [0.1, 0.15) is 23.8 Å². The molecule has 0 aliphatic carbocycles.